The fourth-order valence-corrected chi connectivity index (χ4v) is 9.11. The van der Waals surface area contributed by atoms with Crippen molar-refractivity contribution in [3.8, 4) is 0 Å². The van der Waals surface area contributed by atoms with Crippen LogP contribution in [0.4, 0.5) is 17.8 Å². The quantitative estimate of drug-likeness (QED) is 0.0367. The van der Waals surface area contributed by atoms with Crippen LogP contribution < -0.4 is 25.7 Å². The predicted octanol–water partition coefficient (Wildman–Crippen LogP) is 3.77. The Balaban J connectivity index is 0.000000175. The van der Waals surface area contributed by atoms with E-state index in [0.717, 1.165) is 89.7 Å². The number of aliphatic hydroxyl groups is 3. The number of carbonyl (C=O) groups excluding carboxylic acids is 3. The van der Waals surface area contributed by atoms with E-state index in [1.54, 1.807) is 11.0 Å². The Morgan fingerprint density at radius 2 is 0.802 bits per heavy atom. The highest BCUT2D eigenvalue weighted by Gasteiger charge is 2.26. The molecule has 9 rings (SSSR count). The molecule has 3 atom stereocenters. The number of anilines is 3. The number of carbonyl (C=O) groups is 3. The number of benzene rings is 3. The molecule has 426 valence electrons. The Morgan fingerprint density at radius 3 is 1.15 bits per heavy atom. The Morgan fingerprint density at radius 1 is 0.469 bits per heavy atom. The lowest BCUT2D eigenvalue weighted by atomic mass is 10.1. The fraction of sp³-hybridized carbons (Fsp3) is 0.339. The van der Waals surface area contributed by atoms with Crippen LogP contribution in [0.3, 0.4) is 0 Å². The lowest BCUT2D eigenvalue weighted by Crippen LogP contribution is -2.51. The third-order valence-corrected chi connectivity index (χ3v) is 14.1. The number of rotatable bonds is 18. The molecular weight excluding hydrogens is 1030 g/mol. The maximum Gasteiger partial charge on any atom is 0.277 e. The van der Waals surface area contributed by atoms with E-state index < -0.39 is 18.4 Å². The molecule has 22 nitrogen and oxygen atoms in total. The van der Waals surface area contributed by atoms with Crippen LogP contribution in [0, 0.1) is 6.92 Å². The largest absolute Gasteiger partial charge is 0.394 e. The van der Waals surface area contributed by atoms with Gasteiger partial charge in [0.05, 0.1) is 42.0 Å². The number of hydrogen-bond donors (Lipinski definition) is 7. The molecular formula is C59H72N14O8. The molecule has 0 spiro atoms. The van der Waals surface area contributed by atoms with E-state index in [9.17, 15) is 24.6 Å². The van der Waals surface area contributed by atoms with Crippen LogP contribution in [0.2, 0.25) is 0 Å². The molecule has 2 amide bonds. The van der Waals surface area contributed by atoms with Crippen LogP contribution in [0.25, 0.3) is 18.2 Å². The number of nitrogens with one attached hydrogen (secondary N) is 2. The van der Waals surface area contributed by atoms with E-state index in [-0.39, 0.29) is 42.2 Å². The molecule has 0 bridgehead atoms. The average molecular weight is 1110 g/mol. The number of aliphatic hydroxyl groups excluding tert-OH is 3. The number of aryl methyl sites for hydroxylation is 1. The number of amides is 2. The molecule has 7 N–H and O–H groups in total. The zero-order valence-corrected chi connectivity index (χ0v) is 45.7. The van der Waals surface area contributed by atoms with Gasteiger partial charge in [0.25, 0.3) is 11.8 Å². The van der Waals surface area contributed by atoms with E-state index >= 15 is 0 Å². The molecule has 0 radical (unpaired) electrons. The number of hydroxylamine groups is 2. The van der Waals surface area contributed by atoms with Gasteiger partial charge in [0.2, 0.25) is 17.8 Å². The van der Waals surface area contributed by atoms with Gasteiger partial charge in [0.15, 0.2) is 5.78 Å². The van der Waals surface area contributed by atoms with Crippen molar-refractivity contribution < 1.29 is 40.1 Å². The summed E-state index contributed by atoms with van der Waals surface area (Å²) in [5, 5.41) is 45.7. The molecule has 3 aliphatic heterocycles. The van der Waals surface area contributed by atoms with Crippen LogP contribution in [0.5, 0.6) is 0 Å². The molecule has 0 saturated carbocycles. The first-order chi connectivity index (χ1) is 39.5. The van der Waals surface area contributed by atoms with Crippen LogP contribution in [-0.2, 0) is 0 Å². The van der Waals surface area contributed by atoms with Gasteiger partial charge in [-0.3, -0.25) is 39.5 Å². The van der Waals surface area contributed by atoms with Crippen LogP contribution in [0.1, 0.15) is 60.3 Å². The highest BCUT2D eigenvalue weighted by molar-refractivity contribution is 5.96. The minimum atomic E-state index is -0.637. The van der Waals surface area contributed by atoms with Gasteiger partial charge in [-0.1, -0.05) is 127 Å². The summed E-state index contributed by atoms with van der Waals surface area (Å²) in [5.41, 5.74) is 8.54. The van der Waals surface area contributed by atoms with Crippen LogP contribution in [0.15, 0.2) is 140 Å². The summed E-state index contributed by atoms with van der Waals surface area (Å²) in [6, 6.07) is 28.9. The molecule has 0 aliphatic carbocycles. The molecule has 3 aromatic heterocycles. The maximum absolute atomic E-state index is 11.5. The first kappa shape index (κ1) is 60.5. The second kappa shape index (κ2) is 31.6. The molecule has 3 saturated heterocycles. The topological polar surface area (TPSA) is 273 Å². The van der Waals surface area contributed by atoms with E-state index in [1.807, 2.05) is 77.7 Å². The minimum Gasteiger partial charge on any atom is -0.394 e. The summed E-state index contributed by atoms with van der Waals surface area (Å²) >= 11 is 0. The van der Waals surface area contributed by atoms with Crippen molar-refractivity contribution in [3.05, 3.63) is 179 Å². The van der Waals surface area contributed by atoms with Crippen molar-refractivity contribution in [1.29, 1.82) is 0 Å². The average Bonchev–Trinajstić information content (AvgIpc) is 3.54. The number of Topliss-reactive ketones (excluding diaryl/α,β-unsaturated/α-hetero) is 1. The number of piperazine rings is 3. The third-order valence-electron chi connectivity index (χ3n) is 14.1. The van der Waals surface area contributed by atoms with Crippen LogP contribution >= 0.6 is 0 Å². The lowest BCUT2D eigenvalue weighted by Gasteiger charge is -2.37. The monoisotopic (exact) mass is 1100 g/mol. The zero-order chi connectivity index (χ0) is 57.3. The summed E-state index contributed by atoms with van der Waals surface area (Å²) in [6.45, 7) is 13.4. The van der Waals surface area contributed by atoms with Crippen molar-refractivity contribution in [3.63, 3.8) is 0 Å². The first-order valence-corrected chi connectivity index (χ1v) is 26.9. The number of hydrogen-bond acceptors (Lipinski definition) is 20. The standard InChI is InChI=1S/C21H26N4O3.C19H23N5O3.C19H23N5O2/c1-16-2-4-17(5-3-16)6-7-19(14-26)24-8-10-25(11-9-24)21-22-12-18(13-23-21)20(28)15-27;25-14-17(7-6-15-4-2-1-3-5-15)23-8-10-24(11-9-23)19-20-12-16(13-21-19)18(26)22-27;1-15(7-8-16-5-3-2-4-6-16)23-9-11-24(12-10-23)19-20-13-17(14-21-19)18(25)22-26/h2-7,12-13,19,26-27H,8-11,14-15H2,1H3;1-7,12-13,17,25,27H,8-11,14H2,(H,22,26);2-8,13-15,26H,9-12H2,1H3,(H,22,25)/b2*7-6+;8-7+/t19-;17-;/m10./s1. The van der Waals surface area contributed by atoms with Crippen molar-refractivity contribution in [2.24, 2.45) is 0 Å². The van der Waals surface area contributed by atoms with Gasteiger partial charge < -0.3 is 30.0 Å². The molecule has 6 heterocycles. The Bertz CT molecular complexity index is 2940. The molecule has 6 aromatic rings. The highest BCUT2D eigenvalue weighted by atomic mass is 16.5. The molecule has 81 heavy (non-hydrogen) atoms. The molecule has 1 unspecified atom stereocenters. The normalized spacial score (nSPS) is 16.5. The Labute approximate surface area is 472 Å². The number of aromatic nitrogens is 6. The van der Waals surface area contributed by atoms with E-state index in [0.29, 0.717) is 29.5 Å². The van der Waals surface area contributed by atoms with Crippen molar-refractivity contribution in [2.45, 2.75) is 32.0 Å². The number of nitrogens with zero attached hydrogens (tertiary/aromatic N) is 12. The van der Waals surface area contributed by atoms with Gasteiger partial charge in [-0.25, -0.2) is 40.9 Å². The molecule has 3 aromatic carbocycles. The van der Waals surface area contributed by atoms with Crippen molar-refractivity contribution in [2.75, 3.05) is 113 Å². The van der Waals surface area contributed by atoms with Crippen molar-refractivity contribution >= 4 is 53.7 Å². The van der Waals surface area contributed by atoms with Gasteiger partial charge in [-0.2, -0.15) is 0 Å². The Kier molecular flexibility index (Phi) is 23.6. The summed E-state index contributed by atoms with van der Waals surface area (Å²) in [5.74, 6) is 0.0892. The number of ketones is 1. The summed E-state index contributed by atoms with van der Waals surface area (Å²) in [7, 11) is 0. The predicted molar refractivity (Wildman–Crippen MR) is 310 cm³/mol. The maximum atomic E-state index is 11.5. The van der Waals surface area contributed by atoms with Gasteiger partial charge in [0.1, 0.15) is 6.61 Å². The van der Waals surface area contributed by atoms with Crippen molar-refractivity contribution in [1.82, 2.24) is 55.6 Å². The summed E-state index contributed by atoms with van der Waals surface area (Å²) in [4.78, 5) is 72.5. The zero-order valence-electron chi connectivity index (χ0n) is 45.7. The smallest absolute Gasteiger partial charge is 0.277 e. The van der Waals surface area contributed by atoms with Gasteiger partial charge in [-0.15, -0.1) is 0 Å². The molecule has 3 aliphatic rings. The van der Waals surface area contributed by atoms with Gasteiger partial charge >= 0.3 is 0 Å². The molecule has 22 heteroatoms. The Hall–Kier alpha value is -8.19. The lowest BCUT2D eigenvalue weighted by molar-refractivity contribution is 0.0701. The summed E-state index contributed by atoms with van der Waals surface area (Å²) < 4.78 is 0. The molecule has 3 fully saturated rings. The van der Waals surface area contributed by atoms with Crippen LogP contribution in [-0.4, -0.2) is 204 Å². The highest BCUT2D eigenvalue weighted by Crippen LogP contribution is 2.18. The first-order valence-electron chi connectivity index (χ1n) is 26.9. The second-order valence-electron chi connectivity index (χ2n) is 19.4. The fourth-order valence-electron chi connectivity index (χ4n) is 9.11. The van der Waals surface area contributed by atoms with E-state index in [4.69, 9.17) is 15.5 Å². The van der Waals surface area contributed by atoms with E-state index in [1.165, 1.54) is 48.3 Å². The van der Waals surface area contributed by atoms with Gasteiger partial charge in [-0.05, 0) is 30.5 Å². The third kappa shape index (κ3) is 18.2. The summed E-state index contributed by atoms with van der Waals surface area (Å²) in [6.07, 6.45) is 21.1. The second-order valence-corrected chi connectivity index (χ2v) is 19.4. The minimum absolute atomic E-state index is 0.0334. The SMILES string of the molecule is CC(/C=C/c1ccccc1)N1CCN(c2ncc(C(=O)NO)cn2)CC1.Cc1ccc(/C=C/[C@H](CO)N2CCN(c3ncc(C(=O)CO)cn3)CC2)cc1.O=C(NO)c1cnc(N2CCN([C@@H](/C=C/c3ccccc3)CO)CC2)nc1. The van der Waals surface area contributed by atoms with E-state index in [2.05, 4.69) is 117 Å². The van der Waals surface area contributed by atoms with Gasteiger partial charge in [0, 0.05) is 122 Å².